The highest BCUT2D eigenvalue weighted by Crippen LogP contribution is 2.29. The lowest BCUT2D eigenvalue weighted by Crippen LogP contribution is -2.10. The first-order chi connectivity index (χ1) is 18.3. The molecule has 6 nitrogen and oxygen atoms in total. The minimum absolute atomic E-state index is 0.344. The van der Waals surface area contributed by atoms with Crippen LogP contribution in [-0.4, -0.2) is 49.8 Å². The molecule has 4 rings (SSSR count). The first-order valence-corrected chi connectivity index (χ1v) is 12.3. The van der Waals surface area contributed by atoms with Gasteiger partial charge in [0.1, 0.15) is 29.4 Å². The first kappa shape index (κ1) is 26.6. The summed E-state index contributed by atoms with van der Waals surface area (Å²) in [6, 6.07) is 21.8. The average Bonchev–Trinajstić information content (AvgIpc) is 3.25. The van der Waals surface area contributed by atoms with E-state index < -0.39 is 5.97 Å². The molecular formula is C32H31NO5. The van der Waals surface area contributed by atoms with Gasteiger partial charge in [0.15, 0.2) is 6.61 Å². The van der Waals surface area contributed by atoms with Gasteiger partial charge in [-0.05, 0) is 105 Å². The number of aryl methyl sites for hydroxylation is 2. The van der Waals surface area contributed by atoms with Crippen molar-refractivity contribution >= 4 is 22.5 Å². The summed E-state index contributed by atoms with van der Waals surface area (Å²) in [6.07, 6.45) is 2.06. The lowest BCUT2D eigenvalue weighted by molar-refractivity contribution is -0.139. The van der Waals surface area contributed by atoms with Gasteiger partial charge in [0.05, 0.1) is 6.54 Å². The highest BCUT2D eigenvalue weighted by atomic mass is 16.5. The molecule has 38 heavy (non-hydrogen) atoms. The summed E-state index contributed by atoms with van der Waals surface area (Å²) in [7, 11) is 4.00. The van der Waals surface area contributed by atoms with Crippen LogP contribution in [0.15, 0.2) is 77.2 Å². The van der Waals surface area contributed by atoms with Crippen molar-refractivity contribution in [2.45, 2.75) is 13.8 Å². The highest BCUT2D eigenvalue weighted by molar-refractivity contribution is 5.87. The molecule has 0 aliphatic carbocycles. The SMILES string of the molecule is Cc1cc2cc(C(=CCOc3ccc(OCC(=O)O)c(C)c3)c3ccc(C#CCN(C)C)cc3)ccc2o1. The Balaban J connectivity index is 1.58. The zero-order chi connectivity index (χ0) is 27.1. The van der Waals surface area contributed by atoms with E-state index in [0.717, 1.165) is 44.6 Å². The van der Waals surface area contributed by atoms with Gasteiger partial charge in [-0.1, -0.05) is 30.0 Å². The van der Waals surface area contributed by atoms with Gasteiger partial charge < -0.3 is 19.0 Å². The Kier molecular flexibility index (Phi) is 8.52. The topological polar surface area (TPSA) is 72.1 Å². The molecule has 0 aliphatic rings. The number of rotatable bonds is 9. The molecule has 0 atom stereocenters. The zero-order valence-electron chi connectivity index (χ0n) is 22.1. The molecule has 4 aromatic rings. The summed E-state index contributed by atoms with van der Waals surface area (Å²) >= 11 is 0. The first-order valence-electron chi connectivity index (χ1n) is 12.3. The van der Waals surface area contributed by atoms with Crippen LogP contribution in [0.1, 0.15) is 28.0 Å². The summed E-state index contributed by atoms with van der Waals surface area (Å²) in [6.45, 7) is 4.47. The maximum Gasteiger partial charge on any atom is 0.341 e. The molecule has 0 saturated heterocycles. The Bertz CT molecular complexity index is 1520. The zero-order valence-corrected chi connectivity index (χ0v) is 22.1. The molecule has 1 heterocycles. The van der Waals surface area contributed by atoms with Crippen molar-refractivity contribution in [1.82, 2.24) is 4.90 Å². The van der Waals surface area contributed by atoms with Crippen molar-refractivity contribution in [3.63, 3.8) is 0 Å². The number of furan rings is 1. The molecule has 0 aliphatic heterocycles. The van der Waals surface area contributed by atoms with E-state index in [4.69, 9.17) is 19.0 Å². The fourth-order valence-electron chi connectivity index (χ4n) is 4.01. The van der Waals surface area contributed by atoms with Crippen molar-refractivity contribution in [3.8, 4) is 23.3 Å². The summed E-state index contributed by atoms with van der Waals surface area (Å²) in [5.41, 5.74) is 5.78. The second-order valence-electron chi connectivity index (χ2n) is 9.27. The third kappa shape index (κ3) is 7.06. The third-order valence-electron chi connectivity index (χ3n) is 5.81. The van der Waals surface area contributed by atoms with Crippen LogP contribution in [0.3, 0.4) is 0 Å². The Morgan fingerprint density at radius 2 is 1.74 bits per heavy atom. The maximum atomic E-state index is 10.8. The molecular weight excluding hydrogens is 478 g/mol. The normalized spacial score (nSPS) is 11.3. The summed E-state index contributed by atoms with van der Waals surface area (Å²) in [5.74, 6) is 7.43. The van der Waals surface area contributed by atoms with Crippen LogP contribution in [-0.2, 0) is 4.79 Å². The number of carboxylic acids is 1. The number of fused-ring (bicyclic) bond motifs is 1. The van der Waals surface area contributed by atoms with Crippen molar-refractivity contribution in [3.05, 3.63) is 101 Å². The lowest BCUT2D eigenvalue weighted by Gasteiger charge is -2.12. The molecule has 0 amide bonds. The van der Waals surface area contributed by atoms with E-state index in [1.54, 1.807) is 12.1 Å². The van der Waals surface area contributed by atoms with Crippen molar-refractivity contribution in [2.75, 3.05) is 33.9 Å². The van der Waals surface area contributed by atoms with Crippen LogP contribution in [0, 0.1) is 25.7 Å². The van der Waals surface area contributed by atoms with Crippen molar-refractivity contribution in [1.29, 1.82) is 0 Å². The molecule has 0 bridgehead atoms. The summed E-state index contributed by atoms with van der Waals surface area (Å²) in [5, 5.41) is 9.89. The predicted octanol–water partition coefficient (Wildman–Crippen LogP) is 5.94. The largest absolute Gasteiger partial charge is 0.489 e. The molecule has 0 saturated carbocycles. The van der Waals surface area contributed by atoms with Crippen LogP contribution in [0.5, 0.6) is 11.5 Å². The van der Waals surface area contributed by atoms with Crippen LogP contribution in [0.2, 0.25) is 0 Å². The van der Waals surface area contributed by atoms with Gasteiger partial charge in [-0.15, -0.1) is 0 Å². The Hall–Kier alpha value is -4.47. The lowest BCUT2D eigenvalue weighted by atomic mass is 9.96. The molecule has 0 unspecified atom stereocenters. The maximum absolute atomic E-state index is 10.8. The van der Waals surface area contributed by atoms with Crippen molar-refractivity contribution in [2.24, 2.45) is 0 Å². The van der Waals surface area contributed by atoms with E-state index in [9.17, 15) is 4.79 Å². The van der Waals surface area contributed by atoms with E-state index >= 15 is 0 Å². The number of benzene rings is 3. The second-order valence-corrected chi connectivity index (χ2v) is 9.27. The Morgan fingerprint density at radius 1 is 0.974 bits per heavy atom. The Labute approximate surface area is 223 Å². The molecule has 1 N–H and O–H groups in total. The molecule has 3 aromatic carbocycles. The van der Waals surface area contributed by atoms with Gasteiger partial charge in [0.25, 0.3) is 0 Å². The molecule has 194 valence electrons. The van der Waals surface area contributed by atoms with Gasteiger partial charge in [0, 0.05) is 10.9 Å². The van der Waals surface area contributed by atoms with Gasteiger partial charge >= 0.3 is 5.97 Å². The number of aliphatic carboxylic acids is 1. The van der Waals surface area contributed by atoms with E-state index in [1.165, 1.54) is 0 Å². The average molecular weight is 510 g/mol. The quantitative estimate of drug-likeness (QED) is 0.282. The molecule has 0 spiro atoms. The Morgan fingerprint density at radius 3 is 2.45 bits per heavy atom. The fourth-order valence-corrected chi connectivity index (χ4v) is 4.01. The number of hydrogen-bond donors (Lipinski definition) is 1. The summed E-state index contributed by atoms with van der Waals surface area (Å²) < 4.78 is 17.1. The molecule has 6 heteroatoms. The van der Waals surface area contributed by atoms with Crippen LogP contribution in [0.25, 0.3) is 16.5 Å². The molecule has 0 radical (unpaired) electrons. The van der Waals surface area contributed by atoms with Crippen LogP contribution < -0.4 is 9.47 Å². The standard InChI is InChI=1S/C32H31NO5/c1-22-18-28(12-14-30(22)37-21-32(34)35)36-17-15-29(26-11-13-31-27(20-26)19-23(2)38-31)25-9-7-24(8-10-25)6-5-16-33(3)4/h7-15,18-20H,16-17,21H2,1-4H3,(H,34,35). The van der Waals surface area contributed by atoms with Gasteiger partial charge in [0.2, 0.25) is 0 Å². The van der Waals surface area contributed by atoms with Crippen LogP contribution >= 0.6 is 0 Å². The monoisotopic (exact) mass is 509 g/mol. The van der Waals surface area contributed by atoms with Crippen LogP contribution in [0.4, 0.5) is 0 Å². The third-order valence-corrected chi connectivity index (χ3v) is 5.81. The van der Waals surface area contributed by atoms with E-state index in [0.29, 0.717) is 24.7 Å². The predicted molar refractivity (Wildman–Crippen MR) is 150 cm³/mol. The fraction of sp³-hybridized carbons (Fsp3) is 0.219. The minimum atomic E-state index is -1.01. The molecule has 1 aromatic heterocycles. The second kappa shape index (κ2) is 12.2. The van der Waals surface area contributed by atoms with Gasteiger partial charge in [-0.2, -0.15) is 0 Å². The number of carboxylic acid groups (broad SMARTS) is 1. The number of hydrogen-bond acceptors (Lipinski definition) is 5. The van der Waals surface area contributed by atoms with E-state index in [1.807, 2.05) is 63.2 Å². The summed E-state index contributed by atoms with van der Waals surface area (Å²) in [4.78, 5) is 12.8. The van der Waals surface area contributed by atoms with Crippen molar-refractivity contribution < 1.29 is 23.8 Å². The smallest absolute Gasteiger partial charge is 0.341 e. The number of ether oxygens (including phenoxy) is 2. The minimum Gasteiger partial charge on any atom is -0.489 e. The van der Waals surface area contributed by atoms with E-state index in [2.05, 4.69) is 42.2 Å². The van der Waals surface area contributed by atoms with Gasteiger partial charge in [-0.25, -0.2) is 4.79 Å². The highest BCUT2D eigenvalue weighted by Gasteiger charge is 2.10. The van der Waals surface area contributed by atoms with E-state index in [-0.39, 0.29) is 6.61 Å². The van der Waals surface area contributed by atoms with Gasteiger partial charge in [-0.3, -0.25) is 4.90 Å². The number of carbonyl (C=O) groups is 1. The molecule has 0 fully saturated rings. The number of nitrogens with zero attached hydrogens (tertiary/aromatic N) is 1.